The fraction of sp³-hybridized carbons (Fsp3) is 0.366. The number of benzene rings is 3. The lowest BCUT2D eigenvalue weighted by atomic mass is 9.77. The molecule has 1 heterocycles. The molecular weight excluding hydrogens is 708 g/mol. The van der Waals surface area contributed by atoms with E-state index in [2.05, 4.69) is 15.6 Å². The maximum atomic E-state index is 14.4. The van der Waals surface area contributed by atoms with Crippen molar-refractivity contribution in [2.45, 2.75) is 75.2 Å². The lowest BCUT2D eigenvalue weighted by Crippen LogP contribution is -2.57. The summed E-state index contributed by atoms with van der Waals surface area (Å²) >= 11 is 0. The topological polar surface area (TPSA) is 243 Å². The van der Waals surface area contributed by atoms with Gasteiger partial charge in [0, 0.05) is 6.54 Å². The maximum absolute atomic E-state index is 14.4. The number of amides is 4. The van der Waals surface area contributed by atoms with E-state index in [0.29, 0.717) is 24.8 Å². The normalized spacial score (nSPS) is 21.4. The van der Waals surface area contributed by atoms with Gasteiger partial charge in [-0.3, -0.25) is 33.6 Å². The molecule has 1 fully saturated rings. The van der Waals surface area contributed by atoms with Crippen LogP contribution in [0.4, 0.5) is 0 Å². The molecule has 4 amide bonds. The Bertz CT molecular complexity index is 2010. The van der Waals surface area contributed by atoms with Crippen LogP contribution in [0.2, 0.25) is 0 Å². The van der Waals surface area contributed by atoms with Gasteiger partial charge in [-0.25, -0.2) is 4.99 Å². The van der Waals surface area contributed by atoms with Crippen LogP contribution in [0.3, 0.4) is 0 Å². The van der Waals surface area contributed by atoms with Gasteiger partial charge in [0.05, 0.1) is 18.8 Å². The Morgan fingerprint density at radius 3 is 2.20 bits per heavy atom. The van der Waals surface area contributed by atoms with Crippen molar-refractivity contribution in [1.82, 2.24) is 10.6 Å². The number of carbonyl (C=O) groups is 7. The van der Waals surface area contributed by atoms with Crippen molar-refractivity contribution < 1.29 is 48.9 Å². The fourth-order valence-corrected chi connectivity index (χ4v) is 7.61. The van der Waals surface area contributed by atoms with Gasteiger partial charge in [0.15, 0.2) is 5.92 Å². The minimum absolute atomic E-state index is 0.0158. The Balaban J connectivity index is 1.63. The molecule has 1 aliphatic carbocycles. The average Bonchev–Trinajstić information content (AvgIpc) is 3.14. The van der Waals surface area contributed by atoms with E-state index in [9.17, 15) is 48.9 Å². The lowest BCUT2D eigenvalue weighted by molar-refractivity contribution is -0.150. The van der Waals surface area contributed by atoms with Crippen LogP contribution in [0.5, 0.6) is 0 Å². The van der Waals surface area contributed by atoms with E-state index < -0.39 is 83.4 Å². The van der Waals surface area contributed by atoms with Gasteiger partial charge in [0.2, 0.25) is 11.8 Å². The highest BCUT2D eigenvalue weighted by Gasteiger charge is 2.44. The van der Waals surface area contributed by atoms with Crippen LogP contribution in [0.25, 0.3) is 10.8 Å². The number of hydrogen-bond acceptors (Lipinski definition) is 7. The number of allylic oxidation sites excluding steroid dienone is 1. The van der Waals surface area contributed by atoms with Gasteiger partial charge in [-0.1, -0.05) is 98.1 Å². The van der Waals surface area contributed by atoms with Crippen LogP contribution in [-0.4, -0.2) is 74.7 Å². The number of nitrogens with zero attached hydrogens (tertiary/aromatic N) is 1. The van der Waals surface area contributed by atoms with Gasteiger partial charge in [-0.2, -0.15) is 0 Å². The largest absolute Gasteiger partial charge is 0.481 e. The monoisotopic (exact) mass is 752 g/mol. The first-order chi connectivity index (χ1) is 26.3. The zero-order chi connectivity index (χ0) is 39.7. The van der Waals surface area contributed by atoms with Gasteiger partial charge in [-0.15, -0.1) is 0 Å². The van der Waals surface area contributed by atoms with E-state index in [0.717, 1.165) is 22.8 Å². The molecule has 1 aliphatic heterocycles. The zero-order valence-electron chi connectivity index (χ0n) is 30.1. The molecule has 2 aliphatic rings. The van der Waals surface area contributed by atoms with Crippen molar-refractivity contribution in [2.75, 3.05) is 6.54 Å². The number of nitrogens with two attached hydrogens (primary N) is 1. The molecule has 3 aromatic carbocycles. The van der Waals surface area contributed by atoms with Crippen LogP contribution in [0.15, 0.2) is 83.9 Å². The van der Waals surface area contributed by atoms with Gasteiger partial charge in [0.25, 0.3) is 11.8 Å². The number of aliphatic carboxylic acids is 3. The lowest BCUT2D eigenvalue weighted by Gasteiger charge is -2.37. The third-order valence-electron chi connectivity index (χ3n) is 10.4. The number of fused-ring (bicyclic) bond motifs is 1. The summed E-state index contributed by atoms with van der Waals surface area (Å²) < 4.78 is 0. The quantitative estimate of drug-likeness (QED) is 0.129. The van der Waals surface area contributed by atoms with Crippen LogP contribution in [0, 0.1) is 11.8 Å². The number of carboxylic acids is 3. The van der Waals surface area contributed by atoms with E-state index in [-0.39, 0.29) is 37.3 Å². The molecular formula is C41H44N4O10. The Morgan fingerprint density at radius 1 is 0.873 bits per heavy atom. The zero-order valence-corrected chi connectivity index (χ0v) is 30.1. The summed E-state index contributed by atoms with van der Waals surface area (Å²) in [6, 6.07) is 19.3. The number of aliphatic imine (C=N–C) groups is 1. The summed E-state index contributed by atoms with van der Waals surface area (Å²) in [6.07, 6.45) is 5.04. The predicted octanol–water partition coefficient (Wildman–Crippen LogP) is 3.86. The average molecular weight is 753 g/mol. The standard InChI is InChI=1S/C41H44N4O10/c42-33(46)22-32-37(50)43-23-24(20-28-11-7-10-25-9-2-3-12-29(25)28)8-6-13-30(26-14-16-27(17-15-26)35(38(51)52)39(53)54)31(21-34(47)48)36(49)45-41(40(55)44-32)18-4-1-5-19-41/h2-3,6-12,14-17,24,30-31,35H,1,4-5,13,18-23H2,(H2,42,46)(H,43,50)(H,45,49)(H,47,48)(H,51,52)(H,53,54)/b8-6-,44-32?/t24-,30+,31+/m0/s1. The van der Waals surface area contributed by atoms with E-state index in [1.807, 2.05) is 48.5 Å². The number of primary amides is 1. The SMILES string of the molecule is NC(=O)CC1=NC(=O)C2(CCCCC2)NC(=O)[C@H](CC(=O)O)[C@@H](c2ccc(C(C(=O)O)C(=O)O)cc2)C/C=C\[C@@H](Cc2cccc3ccccc23)CNC1=O. The predicted molar refractivity (Wildman–Crippen MR) is 201 cm³/mol. The minimum Gasteiger partial charge on any atom is -0.481 e. The van der Waals surface area contributed by atoms with Crippen molar-refractivity contribution in [3.63, 3.8) is 0 Å². The minimum atomic E-state index is -1.85. The third-order valence-corrected chi connectivity index (χ3v) is 10.4. The first-order valence-electron chi connectivity index (χ1n) is 18.2. The second-order valence-electron chi connectivity index (χ2n) is 14.2. The third kappa shape index (κ3) is 9.88. The number of nitrogens with one attached hydrogen (secondary N) is 2. The van der Waals surface area contributed by atoms with E-state index in [1.165, 1.54) is 24.3 Å². The number of carbonyl (C=O) groups excluding carboxylic acids is 4. The molecule has 0 unspecified atom stereocenters. The van der Waals surface area contributed by atoms with Crippen molar-refractivity contribution in [1.29, 1.82) is 0 Å². The fourth-order valence-electron chi connectivity index (χ4n) is 7.61. The van der Waals surface area contributed by atoms with Gasteiger partial charge < -0.3 is 31.7 Å². The van der Waals surface area contributed by atoms with E-state index >= 15 is 0 Å². The first kappa shape index (κ1) is 40.0. The molecule has 14 nitrogen and oxygen atoms in total. The summed E-state index contributed by atoms with van der Waals surface area (Å²) in [7, 11) is 0. The van der Waals surface area contributed by atoms with Crippen molar-refractivity contribution >= 4 is 58.0 Å². The second-order valence-corrected chi connectivity index (χ2v) is 14.2. The molecule has 288 valence electrons. The van der Waals surface area contributed by atoms with Gasteiger partial charge in [0.1, 0.15) is 11.3 Å². The van der Waals surface area contributed by atoms with Crippen molar-refractivity contribution in [3.8, 4) is 0 Å². The van der Waals surface area contributed by atoms with E-state index in [1.54, 1.807) is 6.08 Å². The molecule has 14 heteroatoms. The molecule has 3 aromatic rings. The Kier molecular flexibility index (Phi) is 12.9. The molecule has 55 heavy (non-hydrogen) atoms. The molecule has 1 spiro atoms. The number of hydrogen-bond donors (Lipinski definition) is 6. The van der Waals surface area contributed by atoms with Crippen molar-refractivity contribution in [3.05, 3.63) is 95.6 Å². The summed E-state index contributed by atoms with van der Waals surface area (Å²) in [6.45, 7) is 0.0521. The summed E-state index contributed by atoms with van der Waals surface area (Å²) in [4.78, 5) is 94.1. The summed E-state index contributed by atoms with van der Waals surface area (Å²) in [5.74, 6) is -12.0. The molecule has 0 bridgehead atoms. The smallest absolute Gasteiger partial charge is 0.322 e. The summed E-state index contributed by atoms with van der Waals surface area (Å²) in [5, 5.41) is 36.8. The van der Waals surface area contributed by atoms with Crippen LogP contribution in [-0.2, 0) is 40.0 Å². The van der Waals surface area contributed by atoms with Gasteiger partial charge >= 0.3 is 17.9 Å². The number of rotatable bonds is 10. The van der Waals surface area contributed by atoms with Crippen LogP contribution >= 0.6 is 0 Å². The van der Waals surface area contributed by atoms with Crippen molar-refractivity contribution in [2.24, 2.45) is 22.6 Å². The Labute approximate surface area is 316 Å². The number of carboxylic acid groups (broad SMARTS) is 3. The molecule has 5 rings (SSSR count). The second kappa shape index (κ2) is 17.8. The highest BCUT2D eigenvalue weighted by molar-refractivity contribution is 6.43. The molecule has 0 radical (unpaired) electrons. The van der Waals surface area contributed by atoms with E-state index in [4.69, 9.17) is 5.73 Å². The molecule has 7 N–H and O–H groups in total. The maximum Gasteiger partial charge on any atom is 0.322 e. The molecule has 0 aromatic heterocycles. The Hall–Kier alpha value is -6.18. The van der Waals surface area contributed by atoms with Crippen LogP contribution < -0.4 is 16.4 Å². The molecule has 1 saturated carbocycles. The van der Waals surface area contributed by atoms with Crippen LogP contribution in [0.1, 0.15) is 79.9 Å². The molecule has 3 atom stereocenters. The first-order valence-corrected chi connectivity index (χ1v) is 18.2. The highest BCUT2D eigenvalue weighted by atomic mass is 16.4. The summed E-state index contributed by atoms with van der Waals surface area (Å²) in [5.41, 5.74) is 4.88. The van der Waals surface area contributed by atoms with Gasteiger partial charge in [-0.05, 0) is 65.0 Å². The Morgan fingerprint density at radius 2 is 1.55 bits per heavy atom. The highest BCUT2D eigenvalue weighted by Crippen LogP contribution is 2.36. The molecule has 0 saturated heterocycles.